The van der Waals surface area contributed by atoms with E-state index in [9.17, 15) is 0 Å². The standard InChI is InChI=1S/C15H21N3/c1-5-7-13(6-2)8-18-10-14-9-17(12(3)4)11-15(14)16-18/h5-7,10,12H,1-2,8-9,11H2,3-4H3/b13-7+. The molecule has 96 valence electrons. The Morgan fingerprint density at radius 2 is 2.22 bits per heavy atom. The largest absolute Gasteiger partial charge is 0.291 e. The van der Waals surface area contributed by atoms with Crippen molar-refractivity contribution in [3.05, 3.63) is 54.4 Å². The lowest BCUT2D eigenvalue weighted by Gasteiger charge is -2.19. The summed E-state index contributed by atoms with van der Waals surface area (Å²) in [7, 11) is 0. The first-order valence-electron chi connectivity index (χ1n) is 6.37. The Hall–Kier alpha value is -1.61. The van der Waals surface area contributed by atoms with Crippen LogP contribution in [0.1, 0.15) is 25.1 Å². The molecular formula is C15H21N3. The average Bonchev–Trinajstić information content (AvgIpc) is 2.86. The van der Waals surface area contributed by atoms with Crippen LogP contribution in [-0.4, -0.2) is 20.7 Å². The summed E-state index contributed by atoms with van der Waals surface area (Å²) in [6, 6.07) is 0.581. The Morgan fingerprint density at radius 1 is 1.44 bits per heavy atom. The number of nitrogens with zero attached hydrogens (tertiary/aromatic N) is 3. The fourth-order valence-electron chi connectivity index (χ4n) is 2.20. The molecule has 0 aromatic carbocycles. The van der Waals surface area contributed by atoms with Crippen LogP contribution in [0.25, 0.3) is 0 Å². The smallest absolute Gasteiger partial charge is 0.0810 e. The molecule has 0 amide bonds. The van der Waals surface area contributed by atoms with E-state index in [4.69, 9.17) is 0 Å². The lowest BCUT2D eigenvalue weighted by Crippen LogP contribution is -2.25. The van der Waals surface area contributed by atoms with Crippen LogP contribution in [0.15, 0.2) is 43.2 Å². The van der Waals surface area contributed by atoms with Gasteiger partial charge in [-0.25, -0.2) is 0 Å². The van der Waals surface area contributed by atoms with Crippen molar-refractivity contribution in [3.8, 4) is 0 Å². The second-order valence-electron chi connectivity index (χ2n) is 4.98. The number of aromatic nitrogens is 2. The van der Waals surface area contributed by atoms with Crippen LogP contribution in [0.2, 0.25) is 0 Å². The molecule has 0 fully saturated rings. The van der Waals surface area contributed by atoms with Gasteiger partial charge in [-0.3, -0.25) is 9.58 Å². The van der Waals surface area contributed by atoms with Crippen molar-refractivity contribution >= 4 is 0 Å². The highest BCUT2D eigenvalue weighted by Gasteiger charge is 2.24. The highest BCUT2D eigenvalue weighted by atomic mass is 15.3. The van der Waals surface area contributed by atoms with Crippen molar-refractivity contribution in [3.63, 3.8) is 0 Å². The molecule has 2 rings (SSSR count). The number of rotatable bonds is 5. The lowest BCUT2D eigenvalue weighted by atomic mass is 10.2. The summed E-state index contributed by atoms with van der Waals surface area (Å²) < 4.78 is 2.00. The maximum atomic E-state index is 4.65. The van der Waals surface area contributed by atoms with E-state index in [-0.39, 0.29) is 0 Å². The third-order valence-electron chi connectivity index (χ3n) is 3.32. The minimum atomic E-state index is 0.581. The van der Waals surface area contributed by atoms with E-state index in [0.29, 0.717) is 6.04 Å². The molecule has 0 spiro atoms. The van der Waals surface area contributed by atoms with E-state index in [0.717, 1.165) is 25.2 Å². The van der Waals surface area contributed by atoms with E-state index < -0.39 is 0 Å². The zero-order chi connectivity index (χ0) is 13.1. The Bertz CT molecular complexity index is 456. The van der Waals surface area contributed by atoms with Gasteiger partial charge >= 0.3 is 0 Å². The minimum absolute atomic E-state index is 0.581. The van der Waals surface area contributed by atoms with Gasteiger partial charge in [0.2, 0.25) is 0 Å². The molecular weight excluding hydrogens is 222 g/mol. The Balaban J connectivity index is 2.08. The van der Waals surface area contributed by atoms with Crippen molar-refractivity contribution in [2.24, 2.45) is 0 Å². The van der Waals surface area contributed by atoms with Gasteiger partial charge in [-0.1, -0.05) is 31.4 Å². The summed E-state index contributed by atoms with van der Waals surface area (Å²) in [5, 5.41) is 4.65. The molecule has 0 saturated heterocycles. The molecule has 1 aromatic heterocycles. The molecule has 0 bridgehead atoms. The van der Waals surface area contributed by atoms with E-state index in [1.54, 1.807) is 6.08 Å². The zero-order valence-corrected chi connectivity index (χ0v) is 11.3. The molecule has 0 saturated carbocycles. The van der Waals surface area contributed by atoms with Crippen molar-refractivity contribution in [2.45, 2.75) is 39.5 Å². The first kappa shape index (κ1) is 12.8. The Labute approximate surface area is 109 Å². The van der Waals surface area contributed by atoms with Gasteiger partial charge in [0.1, 0.15) is 0 Å². The molecule has 0 radical (unpaired) electrons. The highest BCUT2D eigenvalue weighted by molar-refractivity contribution is 5.24. The summed E-state index contributed by atoms with van der Waals surface area (Å²) in [5.41, 5.74) is 3.70. The number of hydrogen-bond acceptors (Lipinski definition) is 2. The van der Waals surface area contributed by atoms with Crippen LogP contribution in [-0.2, 0) is 19.6 Å². The Kier molecular flexibility index (Phi) is 3.82. The third-order valence-corrected chi connectivity index (χ3v) is 3.32. The summed E-state index contributed by atoms with van der Waals surface area (Å²) in [4.78, 5) is 2.43. The summed E-state index contributed by atoms with van der Waals surface area (Å²) >= 11 is 0. The van der Waals surface area contributed by atoms with E-state index in [1.165, 1.54) is 11.3 Å². The van der Waals surface area contributed by atoms with E-state index >= 15 is 0 Å². The molecule has 3 heteroatoms. The molecule has 0 aliphatic carbocycles. The molecule has 18 heavy (non-hydrogen) atoms. The zero-order valence-electron chi connectivity index (χ0n) is 11.3. The first-order chi connectivity index (χ1) is 8.63. The van der Waals surface area contributed by atoms with Crippen LogP contribution in [0.4, 0.5) is 0 Å². The van der Waals surface area contributed by atoms with Crippen LogP contribution < -0.4 is 0 Å². The van der Waals surface area contributed by atoms with Gasteiger partial charge in [0, 0.05) is 30.9 Å². The van der Waals surface area contributed by atoms with Crippen molar-refractivity contribution in [1.82, 2.24) is 14.7 Å². The predicted octanol–water partition coefficient (Wildman–Crippen LogP) is 2.91. The molecule has 0 unspecified atom stereocenters. The first-order valence-corrected chi connectivity index (χ1v) is 6.37. The maximum Gasteiger partial charge on any atom is 0.0810 e. The van der Waals surface area contributed by atoms with E-state index in [1.807, 2.05) is 16.8 Å². The predicted molar refractivity (Wildman–Crippen MR) is 75.1 cm³/mol. The number of hydrogen-bond donors (Lipinski definition) is 0. The van der Waals surface area contributed by atoms with Crippen LogP contribution in [0.5, 0.6) is 0 Å². The molecule has 0 N–H and O–H groups in total. The van der Waals surface area contributed by atoms with Gasteiger partial charge in [0.15, 0.2) is 0 Å². The molecule has 1 aliphatic heterocycles. The average molecular weight is 243 g/mol. The topological polar surface area (TPSA) is 21.1 Å². The van der Waals surface area contributed by atoms with Gasteiger partial charge in [0.05, 0.1) is 12.2 Å². The molecule has 1 aromatic rings. The van der Waals surface area contributed by atoms with Gasteiger partial charge < -0.3 is 0 Å². The molecule has 0 atom stereocenters. The third kappa shape index (κ3) is 2.62. The summed E-state index contributed by atoms with van der Waals surface area (Å²) in [6.45, 7) is 14.7. The van der Waals surface area contributed by atoms with Crippen LogP contribution in [0.3, 0.4) is 0 Å². The number of allylic oxidation sites excluding steroid dienone is 4. The van der Waals surface area contributed by atoms with Crippen molar-refractivity contribution in [1.29, 1.82) is 0 Å². The quantitative estimate of drug-likeness (QED) is 0.741. The SMILES string of the molecule is C=C/C=C(\C=C)Cn1cc2c(n1)CN(C(C)C)C2. The highest BCUT2D eigenvalue weighted by Crippen LogP contribution is 2.23. The monoisotopic (exact) mass is 243 g/mol. The molecule has 3 nitrogen and oxygen atoms in total. The fraction of sp³-hybridized carbons (Fsp3) is 0.400. The summed E-state index contributed by atoms with van der Waals surface area (Å²) in [5.74, 6) is 0. The summed E-state index contributed by atoms with van der Waals surface area (Å²) in [6.07, 6.45) is 7.77. The fourth-order valence-corrected chi connectivity index (χ4v) is 2.20. The molecule has 1 aliphatic rings. The normalized spacial score (nSPS) is 16.1. The second-order valence-corrected chi connectivity index (χ2v) is 4.98. The van der Waals surface area contributed by atoms with Gasteiger partial charge in [0.25, 0.3) is 0 Å². The van der Waals surface area contributed by atoms with Crippen LogP contribution in [0, 0.1) is 0 Å². The van der Waals surface area contributed by atoms with Crippen LogP contribution >= 0.6 is 0 Å². The Morgan fingerprint density at radius 3 is 2.78 bits per heavy atom. The van der Waals surface area contributed by atoms with Crippen molar-refractivity contribution < 1.29 is 0 Å². The minimum Gasteiger partial charge on any atom is -0.291 e. The maximum absolute atomic E-state index is 4.65. The van der Waals surface area contributed by atoms with Crippen molar-refractivity contribution in [2.75, 3.05) is 0 Å². The lowest BCUT2D eigenvalue weighted by molar-refractivity contribution is 0.223. The van der Waals surface area contributed by atoms with E-state index in [2.05, 4.69) is 43.2 Å². The van der Waals surface area contributed by atoms with Gasteiger partial charge in [-0.15, -0.1) is 0 Å². The van der Waals surface area contributed by atoms with Gasteiger partial charge in [-0.05, 0) is 19.4 Å². The number of fused-ring (bicyclic) bond motifs is 1. The molecule has 2 heterocycles. The second kappa shape index (κ2) is 5.36. The van der Waals surface area contributed by atoms with Gasteiger partial charge in [-0.2, -0.15) is 5.10 Å².